The molecule has 0 aliphatic carbocycles. The first-order chi connectivity index (χ1) is 16.3. The molecule has 4 rings (SSSR count). The van der Waals surface area contributed by atoms with E-state index in [-0.39, 0.29) is 37.3 Å². The number of anilines is 1. The van der Waals surface area contributed by atoms with Crippen molar-refractivity contribution >= 4 is 29.1 Å². The van der Waals surface area contributed by atoms with Crippen LogP contribution in [0.2, 0.25) is 5.02 Å². The quantitative estimate of drug-likeness (QED) is 0.537. The van der Waals surface area contributed by atoms with Gasteiger partial charge in [-0.2, -0.15) is 9.97 Å². The Bertz CT molecular complexity index is 1280. The minimum Gasteiger partial charge on any atom is -0.458 e. The van der Waals surface area contributed by atoms with Gasteiger partial charge in [-0.25, -0.2) is 9.18 Å². The number of rotatable bonds is 6. The highest BCUT2D eigenvalue weighted by atomic mass is 35.5. The molecule has 176 valence electrons. The minimum absolute atomic E-state index is 0.118. The van der Waals surface area contributed by atoms with Crippen molar-refractivity contribution in [3.05, 3.63) is 92.9 Å². The molecule has 0 saturated heterocycles. The number of aliphatic hydroxyl groups excluding tert-OH is 1. The van der Waals surface area contributed by atoms with E-state index in [1.54, 1.807) is 47.4 Å². The van der Waals surface area contributed by atoms with E-state index >= 15 is 0 Å². The summed E-state index contributed by atoms with van der Waals surface area (Å²) in [6.45, 7) is 1.70. The van der Waals surface area contributed by atoms with Crippen molar-refractivity contribution in [3.63, 3.8) is 0 Å². The van der Waals surface area contributed by atoms with E-state index < -0.39 is 17.8 Å². The van der Waals surface area contributed by atoms with Gasteiger partial charge in [0.2, 0.25) is 5.95 Å². The number of carbonyl (C=O) groups excluding carboxylic acids is 1. The third-order valence-corrected chi connectivity index (χ3v) is 5.62. The topological polar surface area (TPSA) is 97.6 Å². The number of halogens is 2. The standard InChI is InChI=1S/C24H22ClFN4O4/c1-15(31)34-14-22-27-23(28-24(33)30(22)12-16-2-6-18(25)7-3-16)29-11-10-20(21(32)13-29)17-4-8-19(26)9-5-17/h2-10,21,32H,11-14H2,1H3/t21-/m0/s1. The summed E-state index contributed by atoms with van der Waals surface area (Å²) in [5.74, 6) is -0.522. The largest absolute Gasteiger partial charge is 0.458 e. The van der Waals surface area contributed by atoms with Gasteiger partial charge < -0.3 is 14.7 Å². The molecule has 0 radical (unpaired) electrons. The zero-order chi connectivity index (χ0) is 24.2. The van der Waals surface area contributed by atoms with E-state index in [0.717, 1.165) is 5.56 Å². The first-order valence-corrected chi connectivity index (χ1v) is 10.9. The predicted octanol–water partition coefficient (Wildman–Crippen LogP) is 2.81. The smallest absolute Gasteiger partial charge is 0.352 e. The van der Waals surface area contributed by atoms with Gasteiger partial charge in [0.05, 0.1) is 19.2 Å². The number of ether oxygens (including phenoxy) is 1. The van der Waals surface area contributed by atoms with Crippen LogP contribution in [0.4, 0.5) is 10.3 Å². The van der Waals surface area contributed by atoms with Crippen molar-refractivity contribution in [1.82, 2.24) is 14.5 Å². The Hall–Kier alpha value is -3.56. The highest BCUT2D eigenvalue weighted by Crippen LogP contribution is 2.25. The van der Waals surface area contributed by atoms with Crippen LogP contribution < -0.4 is 10.6 Å². The molecule has 0 bridgehead atoms. The predicted molar refractivity (Wildman–Crippen MR) is 125 cm³/mol. The molecular weight excluding hydrogens is 463 g/mol. The second kappa shape index (κ2) is 10.1. The third-order valence-electron chi connectivity index (χ3n) is 5.37. The van der Waals surface area contributed by atoms with E-state index in [4.69, 9.17) is 16.3 Å². The molecule has 0 unspecified atom stereocenters. The number of hydrogen-bond donors (Lipinski definition) is 1. The number of β-amino-alcohol motifs (C(OH)–C–C–N with tert-alkyl or cyclic N) is 1. The van der Waals surface area contributed by atoms with Crippen LogP contribution in [0.25, 0.3) is 5.57 Å². The molecule has 0 amide bonds. The Morgan fingerprint density at radius 3 is 2.53 bits per heavy atom. The van der Waals surface area contributed by atoms with Gasteiger partial charge in [0.1, 0.15) is 12.4 Å². The molecular formula is C24H22ClFN4O4. The zero-order valence-electron chi connectivity index (χ0n) is 18.3. The molecule has 8 nitrogen and oxygen atoms in total. The van der Waals surface area contributed by atoms with Crippen LogP contribution in [-0.2, 0) is 22.7 Å². The van der Waals surface area contributed by atoms with Gasteiger partial charge in [0.15, 0.2) is 5.82 Å². The summed E-state index contributed by atoms with van der Waals surface area (Å²) in [7, 11) is 0. The lowest BCUT2D eigenvalue weighted by molar-refractivity contribution is -0.142. The molecule has 3 aromatic rings. The van der Waals surface area contributed by atoms with Gasteiger partial charge in [0, 0.05) is 18.5 Å². The van der Waals surface area contributed by atoms with E-state index in [1.807, 2.05) is 0 Å². The maximum atomic E-state index is 13.2. The lowest BCUT2D eigenvalue weighted by Crippen LogP contribution is -2.41. The molecule has 0 spiro atoms. The fraction of sp³-hybridized carbons (Fsp3) is 0.250. The minimum atomic E-state index is -0.892. The van der Waals surface area contributed by atoms with E-state index in [0.29, 0.717) is 22.7 Å². The monoisotopic (exact) mass is 484 g/mol. The maximum Gasteiger partial charge on any atom is 0.352 e. The Morgan fingerprint density at radius 2 is 1.88 bits per heavy atom. The highest BCUT2D eigenvalue weighted by Gasteiger charge is 2.25. The van der Waals surface area contributed by atoms with Crippen LogP contribution in [0.3, 0.4) is 0 Å². The number of aliphatic hydroxyl groups is 1. The van der Waals surface area contributed by atoms with Gasteiger partial charge in [-0.15, -0.1) is 0 Å². The van der Waals surface area contributed by atoms with Crippen molar-refractivity contribution in [2.45, 2.75) is 26.2 Å². The molecule has 2 aromatic carbocycles. The molecule has 0 fully saturated rings. The molecule has 1 N–H and O–H groups in total. The SMILES string of the molecule is CC(=O)OCc1nc(N2CC=C(c3ccc(F)cc3)[C@@H](O)C2)nc(=O)n1Cc1ccc(Cl)cc1. The summed E-state index contributed by atoms with van der Waals surface area (Å²) >= 11 is 5.94. The summed E-state index contributed by atoms with van der Waals surface area (Å²) in [6.07, 6.45) is 0.895. The summed E-state index contributed by atoms with van der Waals surface area (Å²) in [5, 5.41) is 11.3. The number of benzene rings is 2. The number of carbonyl (C=O) groups is 1. The summed E-state index contributed by atoms with van der Waals surface area (Å²) in [5.41, 5.74) is 1.60. The average Bonchev–Trinajstić information content (AvgIpc) is 2.81. The fourth-order valence-corrected chi connectivity index (χ4v) is 3.77. The van der Waals surface area contributed by atoms with E-state index in [2.05, 4.69) is 9.97 Å². The van der Waals surface area contributed by atoms with Gasteiger partial charge >= 0.3 is 11.7 Å². The second-order valence-corrected chi connectivity index (χ2v) is 8.24. The van der Waals surface area contributed by atoms with Crippen molar-refractivity contribution < 1.29 is 19.0 Å². The number of nitrogens with zero attached hydrogens (tertiary/aromatic N) is 4. The Labute approximate surface area is 199 Å². The summed E-state index contributed by atoms with van der Waals surface area (Å²) < 4.78 is 19.7. The molecule has 10 heteroatoms. The number of esters is 1. The van der Waals surface area contributed by atoms with Crippen LogP contribution in [0.1, 0.15) is 23.9 Å². The van der Waals surface area contributed by atoms with E-state index in [1.165, 1.54) is 23.6 Å². The van der Waals surface area contributed by atoms with Crippen molar-refractivity contribution in [2.75, 3.05) is 18.0 Å². The van der Waals surface area contributed by atoms with Crippen molar-refractivity contribution in [1.29, 1.82) is 0 Å². The van der Waals surface area contributed by atoms with Crippen molar-refractivity contribution in [3.8, 4) is 0 Å². The molecule has 1 aliphatic heterocycles. The van der Waals surface area contributed by atoms with Crippen LogP contribution in [0, 0.1) is 5.82 Å². The van der Waals surface area contributed by atoms with E-state index in [9.17, 15) is 19.1 Å². The van der Waals surface area contributed by atoms with Crippen LogP contribution >= 0.6 is 11.6 Å². The van der Waals surface area contributed by atoms with Crippen LogP contribution in [0.5, 0.6) is 0 Å². The second-order valence-electron chi connectivity index (χ2n) is 7.80. The molecule has 34 heavy (non-hydrogen) atoms. The molecule has 1 aromatic heterocycles. The average molecular weight is 485 g/mol. The van der Waals surface area contributed by atoms with Crippen LogP contribution in [-0.4, -0.2) is 44.8 Å². The Kier molecular flexibility index (Phi) is 7.04. The first-order valence-electron chi connectivity index (χ1n) is 10.5. The van der Waals surface area contributed by atoms with Gasteiger partial charge in [-0.1, -0.05) is 41.9 Å². The van der Waals surface area contributed by atoms with Gasteiger partial charge in [-0.3, -0.25) is 9.36 Å². The Morgan fingerprint density at radius 1 is 1.18 bits per heavy atom. The van der Waals surface area contributed by atoms with Gasteiger partial charge in [0.25, 0.3) is 0 Å². The summed E-state index contributed by atoms with van der Waals surface area (Å²) in [6, 6.07) is 12.9. The molecule has 1 aliphatic rings. The highest BCUT2D eigenvalue weighted by molar-refractivity contribution is 6.30. The lowest BCUT2D eigenvalue weighted by atomic mass is 9.97. The fourth-order valence-electron chi connectivity index (χ4n) is 3.65. The number of hydrogen-bond acceptors (Lipinski definition) is 7. The molecule has 2 heterocycles. The first kappa shape index (κ1) is 23.6. The molecule has 1 atom stereocenters. The maximum absolute atomic E-state index is 13.2. The van der Waals surface area contributed by atoms with Crippen LogP contribution in [0.15, 0.2) is 59.4 Å². The van der Waals surface area contributed by atoms with Gasteiger partial charge in [-0.05, 0) is 41.0 Å². The number of aromatic nitrogens is 3. The molecule has 0 saturated carbocycles. The van der Waals surface area contributed by atoms with Crippen molar-refractivity contribution in [2.24, 2.45) is 0 Å². The summed E-state index contributed by atoms with van der Waals surface area (Å²) in [4.78, 5) is 34.5. The Balaban J connectivity index is 1.63. The lowest BCUT2D eigenvalue weighted by Gasteiger charge is -2.30. The normalized spacial score (nSPS) is 15.7. The third kappa shape index (κ3) is 5.49. The zero-order valence-corrected chi connectivity index (χ0v) is 19.1.